The van der Waals surface area contributed by atoms with E-state index in [2.05, 4.69) is 0 Å². The number of fused-ring (bicyclic) bond motifs is 1. The molecule has 0 bridgehead atoms. The minimum Gasteiger partial charge on any atom is -0.481 e. The number of hydrogen-bond acceptors (Lipinski definition) is 3. The maximum atomic E-state index is 13.7. The van der Waals surface area contributed by atoms with Crippen molar-refractivity contribution in [3.05, 3.63) is 35.3 Å². The van der Waals surface area contributed by atoms with Crippen molar-refractivity contribution in [2.45, 2.75) is 19.8 Å². The Balaban J connectivity index is 2.21. The number of carbonyl (C=O) groups excluding carboxylic acids is 1. The van der Waals surface area contributed by atoms with Gasteiger partial charge in [0.15, 0.2) is 17.2 Å². The van der Waals surface area contributed by atoms with Gasteiger partial charge in [-0.25, -0.2) is 4.39 Å². The standard InChI is InChI=1S/C15H16FNO4/c1-9-10-5-3-6-11(16)14(10)21-13(9)15(20)17(2)8-4-7-12(18)19/h3,5-6H,4,7-8H2,1-2H3,(H,18,19). The molecule has 0 atom stereocenters. The Morgan fingerprint density at radius 3 is 2.71 bits per heavy atom. The van der Waals surface area contributed by atoms with E-state index in [0.29, 0.717) is 23.9 Å². The van der Waals surface area contributed by atoms with Crippen molar-refractivity contribution in [3.63, 3.8) is 0 Å². The lowest BCUT2D eigenvalue weighted by Gasteiger charge is -2.15. The molecular formula is C15H16FNO4. The van der Waals surface area contributed by atoms with Crippen LogP contribution in [0.3, 0.4) is 0 Å². The maximum absolute atomic E-state index is 13.7. The Labute approximate surface area is 121 Å². The number of rotatable bonds is 5. The minimum atomic E-state index is -0.905. The fourth-order valence-corrected chi connectivity index (χ4v) is 2.16. The third-order valence-electron chi connectivity index (χ3n) is 3.34. The molecule has 1 heterocycles. The summed E-state index contributed by atoms with van der Waals surface area (Å²) in [5, 5.41) is 9.16. The summed E-state index contributed by atoms with van der Waals surface area (Å²) < 4.78 is 19.0. The summed E-state index contributed by atoms with van der Waals surface area (Å²) in [6.07, 6.45) is 0.344. The fraction of sp³-hybridized carbons (Fsp3) is 0.333. The topological polar surface area (TPSA) is 70.8 Å². The van der Waals surface area contributed by atoms with Crippen molar-refractivity contribution in [1.29, 1.82) is 0 Å². The lowest BCUT2D eigenvalue weighted by Crippen LogP contribution is -2.28. The van der Waals surface area contributed by atoms with Crippen molar-refractivity contribution >= 4 is 22.8 Å². The third-order valence-corrected chi connectivity index (χ3v) is 3.34. The van der Waals surface area contributed by atoms with E-state index < -0.39 is 11.8 Å². The second-order valence-corrected chi connectivity index (χ2v) is 4.90. The summed E-state index contributed by atoms with van der Waals surface area (Å²) in [5.74, 6) is -1.71. The van der Waals surface area contributed by atoms with Crippen molar-refractivity contribution in [3.8, 4) is 0 Å². The molecule has 0 aliphatic carbocycles. The first-order valence-corrected chi connectivity index (χ1v) is 6.56. The van der Waals surface area contributed by atoms with Gasteiger partial charge in [-0.05, 0) is 19.4 Å². The number of aryl methyl sites for hydroxylation is 1. The summed E-state index contributed by atoms with van der Waals surface area (Å²) >= 11 is 0. The van der Waals surface area contributed by atoms with E-state index in [4.69, 9.17) is 9.52 Å². The lowest BCUT2D eigenvalue weighted by atomic mass is 10.1. The van der Waals surface area contributed by atoms with E-state index >= 15 is 0 Å². The summed E-state index contributed by atoms with van der Waals surface area (Å²) in [4.78, 5) is 24.1. The number of carboxylic acid groups (broad SMARTS) is 1. The first-order chi connectivity index (χ1) is 9.91. The smallest absolute Gasteiger partial charge is 0.303 e. The molecule has 21 heavy (non-hydrogen) atoms. The number of furan rings is 1. The molecule has 0 saturated heterocycles. The highest BCUT2D eigenvalue weighted by molar-refractivity contribution is 5.98. The van der Waals surface area contributed by atoms with Crippen LogP contribution < -0.4 is 0 Å². The Morgan fingerprint density at radius 1 is 1.38 bits per heavy atom. The third kappa shape index (κ3) is 3.04. The monoisotopic (exact) mass is 293 g/mol. The van der Waals surface area contributed by atoms with Crippen LogP contribution in [0.1, 0.15) is 29.0 Å². The van der Waals surface area contributed by atoms with Crippen LogP contribution in [0.25, 0.3) is 11.0 Å². The van der Waals surface area contributed by atoms with Gasteiger partial charge in [-0.1, -0.05) is 12.1 Å². The Bertz CT molecular complexity index is 692. The molecule has 1 aromatic heterocycles. The number of amides is 1. The molecule has 0 spiro atoms. The van der Waals surface area contributed by atoms with Gasteiger partial charge in [0.25, 0.3) is 5.91 Å². The van der Waals surface area contributed by atoms with Gasteiger partial charge in [-0.3, -0.25) is 9.59 Å². The predicted molar refractivity (Wildman–Crippen MR) is 74.7 cm³/mol. The molecule has 0 radical (unpaired) electrons. The van der Waals surface area contributed by atoms with Gasteiger partial charge in [0.05, 0.1) is 0 Å². The minimum absolute atomic E-state index is 0.00857. The van der Waals surface area contributed by atoms with Gasteiger partial charge in [0.1, 0.15) is 0 Å². The van der Waals surface area contributed by atoms with Gasteiger partial charge in [-0.15, -0.1) is 0 Å². The van der Waals surface area contributed by atoms with E-state index in [1.807, 2.05) is 0 Å². The van der Waals surface area contributed by atoms with Crippen molar-refractivity contribution in [2.75, 3.05) is 13.6 Å². The van der Waals surface area contributed by atoms with E-state index in [1.54, 1.807) is 26.1 Å². The van der Waals surface area contributed by atoms with Crippen molar-refractivity contribution < 1.29 is 23.5 Å². The molecule has 0 unspecified atom stereocenters. The normalized spacial score (nSPS) is 10.8. The number of halogens is 1. The summed E-state index contributed by atoms with van der Waals surface area (Å²) in [6.45, 7) is 1.99. The number of hydrogen-bond donors (Lipinski definition) is 1. The molecule has 0 aliphatic rings. The number of aliphatic carboxylic acids is 1. The molecule has 5 nitrogen and oxygen atoms in total. The summed E-state index contributed by atoms with van der Waals surface area (Å²) in [5.41, 5.74) is 0.650. The van der Waals surface area contributed by atoms with Gasteiger partial charge in [0.2, 0.25) is 0 Å². The molecule has 2 rings (SSSR count). The van der Waals surface area contributed by atoms with Crippen LogP contribution >= 0.6 is 0 Å². The van der Waals surface area contributed by atoms with Gasteiger partial charge in [-0.2, -0.15) is 0 Å². The molecule has 0 fully saturated rings. The first-order valence-electron chi connectivity index (χ1n) is 6.56. The number of para-hydroxylation sites is 1. The average molecular weight is 293 g/mol. The molecule has 2 aromatic rings. The molecule has 1 amide bonds. The van der Waals surface area contributed by atoms with Crippen LogP contribution in [-0.4, -0.2) is 35.5 Å². The highest BCUT2D eigenvalue weighted by Crippen LogP contribution is 2.27. The fourth-order valence-electron chi connectivity index (χ4n) is 2.16. The Morgan fingerprint density at radius 2 is 2.10 bits per heavy atom. The lowest BCUT2D eigenvalue weighted by molar-refractivity contribution is -0.137. The van der Waals surface area contributed by atoms with Crippen LogP contribution in [0.5, 0.6) is 0 Å². The second kappa shape index (κ2) is 5.95. The van der Waals surface area contributed by atoms with Crippen LogP contribution in [0.15, 0.2) is 22.6 Å². The van der Waals surface area contributed by atoms with Crippen LogP contribution in [0, 0.1) is 12.7 Å². The van der Waals surface area contributed by atoms with Crippen LogP contribution in [-0.2, 0) is 4.79 Å². The SMILES string of the molecule is Cc1c(C(=O)N(C)CCCC(=O)O)oc2c(F)cccc12. The van der Waals surface area contributed by atoms with Gasteiger partial charge >= 0.3 is 5.97 Å². The van der Waals surface area contributed by atoms with E-state index in [-0.39, 0.29) is 23.7 Å². The van der Waals surface area contributed by atoms with E-state index in [9.17, 15) is 14.0 Å². The molecule has 1 aromatic carbocycles. The molecule has 6 heteroatoms. The maximum Gasteiger partial charge on any atom is 0.303 e. The Kier molecular flexibility index (Phi) is 4.26. The summed E-state index contributed by atoms with van der Waals surface area (Å²) in [7, 11) is 1.56. The predicted octanol–water partition coefficient (Wildman–Crippen LogP) is 2.82. The van der Waals surface area contributed by atoms with Crippen molar-refractivity contribution in [2.24, 2.45) is 0 Å². The number of carbonyl (C=O) groups is 2. The highest BCUT2D eigenvalue weighted by Gasteiger charge is 2.22. The van der Waals surface area contributed by atoms with Gasteiger partial charge in [0, 0.05) is 31.0 Å². The van der Waals surface area contributed by atoms with Crippen LogP contribution in [0.4, 0.5) is 4.39 Å². The molecule has 0 saturated carbocycles. The van der Waals surface area contributed by atoms with E-state index in [0.717, 1.165) is 0 Å². The highest BCUT2D eigenvalue weighted by atomic mass is 19.1. The quantitative estimate of drug-likeness (QED) is 0.920. The number of nitrogens with zero attached hydrogens (tertiary/aromatic N) is 1. The molecular weight excluding hydrogens is 277 g/mol. The number of carboxylic acids is 1. The molecule has 0 aliphatic heterocycles. The van der Waals surface area contributed by atoms with E-state index in [1.165, 1.54) is 11.0 Å². The summed E-state index contributed by atoms with van der Waals surface area (Å²) in [6, 6.07) is 4.53. The zero-order valence-corrected chi connectivity index (χ0v) is 11.9. The van der Waals surface area contributed by atoms with Crippen LogP contribution in [0.2, 0.25) is 0 Å². The molecule has 1 N–H and O–H groups in total. The number of benzene rings is 1. The first kappa shape index (κ1) is 15.0. The zero-order valence-electron chi connectivity index (χ0n) is 11.9. The Hall–Kier alpha value is -2.37. The molecule has 112 valence electrons. The second-order valence-electron chi connectivity index (χ2n) is 4.90. The largest absolute Gasteiger partial charge is 0.481 e. The van der Waals surface area contributed by atoms with Crippen molar-refractivity contribution in [1.82, 2.24) is 4.90 Å². The average Bonchev–Trinajstić information content (AvgIpc) is 2.76. The zero-order chi connectivity index (χ0) is 15.6. The van der Waals surface area contributed by atoms with Gasteiger partial charge < -0.3 is 14.4 Å².